The highest BCUT2D eigenvalue weighted by Crippen LogP contribution is 2.09. The molecule has 0 spiro atoms. The van der Waals surface area contributed by atoms with Gasteiger partial charge in [-0.1, -0.05) is 6.92 Å². The summed E-state index contributed by atoms with van der Waals surface area (Å²) in [5.41, 5.74) is 5.21. The van der Waals surface area contributed by atoms with Gasteiger partial charge in [0.2, 0.25) is 0 Å². The number of carboxylic acids is 1. The molecule has 0 heterocycles. The Hall–Kier alpha value is -1.14. The van der Waals surface area contributed by atoms with Crippen molar-refractivity contribution in [1.29, 1.82) is 0 Å². The van der Waals surface area contributed by atoms with E-state index >= 15 is 0 Å². The van der Waals surface area contributed by atoms with E-state index in [-0.39, 0.29) is 6.42 Å². The number of hydrogen-bond acceptors (Lipinski definition) is 5. The van der Waals surface area contributed by atoms with Gasteiger partial charge in [-0.05, 0) is 13.3 Å². The van der Waals surface area contributed by atoms with Crippen LogP contribution in [-0.4, -0.2) is 40.9 Å². The van der Waals surface area contributed by atoms with E-state index in [1.807, 2.05) is 0 Å². The summed E-state index contributed by atoms with van der Waals surface area (Å²) in [7, 11) is 0. The zero-order valence-electron chi connectivity index (χ0n) is 8.84. The lowest BCUT2D eigenvalue weighted by molar-refractivity contribution is -0.154. The summed E-state index contributed by atoms with van der Waals surface area (Å²) in [5.74, 6) is -2.25. The standard InChI is InChI=1S/C9H17NO5/c1-5(8(12)13)3-6(2)15-9(14)7(10)4-11/h5-7,11H,3-4,10H2,1-2H3,(H,12,13)/t5?,6-,7-/m0/s1. The molecule has 6 nitrogen and oxygen atoms in total. The summed E-state index contributed by atoms with van der Waals surface area (Å²) in [4.78, 5) is 21.6. The Morgan fingerprint density at radius 3 is 2.33 bits per heavy atom. The lowest BCUT2D eigenvalue weighted by Gasteiger charge is -2.17. The van der Waals surface area contributed by atoms with Crippen LogP contribution in [0.15, 0.2) is 0 Å². The molecule has 15 heavy (non-hydrogen) atoms. The summed E-state index contributed by atoms with van der Waals surface area (Å²) in [6.45, 7) is 2.63. The Balaban J connectivity index is 3.98. The van der Waals surface area contributed by atoms with E-state index in [0.717, 1.165) is 0 Å². The number of aliphatic hydroxyl groups excluding tert-OH is 1. The molecule has 88 valence electrons. The molecular weight excluding hydrogens is 202 g/mol. The van der Waals surface area contributed by atoms with E-state index in [0.29, 0.717) is 0 Å². The van der Waals surface area contributed by atoms with Crippen LogP contribution in [-0.2, 0) is 14.3 Å². The minimum Gasteiger partial charge on any atom is -0.481 e. The number of carbonyl (C=O) groups is 2. The molecule has 0 amide bonds. The van der Waals surface area contributed by atoms with Crippen molar-refractivity contribution >= 4 is 11.9 Å². The minimum absolute atomic E-state index is 0.221. The Morgan fingerprint density at radius 1 is 1.40 bits per heavy atom. The maximum absolute atomic E-state index is 11.1. The van der Waals surface area contributed by atoms with Crippen molar-refractivity contribution in [2.45, 2.75) is 32.4 Å². The Kier molecular flexibility index (Phi) is 5.88. The molecule has 1 unspecified atom stereocenters. The number of ether oxygens (including phenoxy) is 1. The first-order chi connectivity index (χ1) is 6.88. The second-order valence-corrected chi connectivity index (χ2v) is 3.51. The highest BCUT2D eigenvalue weighted by molar-refractivity contribution is 5.75. The number of hydrogen-bond donors (Lipinski definition) is 3. The number of carbonyl (C=O) groups excluding carboxylic acids is 1. The van der Waals surface area contributed by atoms with Crippen molar-refractivity contribution < 1.29 is 24.5 Å². The molecule has 0 aromatic heterocycles. The van der Waals surface area contributed by atoms with Gasteiger partial charge >= 0.3 is 11.9 Å². The second-order valence-electron chi connectivity index (χ2n) is 3.51. The molecular formula is C9H17NO5. The van der Waals surface area contributed by atoms with Gasteiger partial charge in [0.25, 0.3) is 0 Å². The monoisotopic (exact) mass is 219 g/mol. The Labute approximate surface area is 88.0 Å². The molecule has 4 N–H and O–H groups in total. The van der Waals surface area contributed by atoms with E-state index in [2.05, 4.69) is 0 Å². The summed E-state index contributed by atoms with van der Waals surface area (Å²) < 4.78 is 4.84. The van der Waals surface area contributed by atoms with Gasteiger partial charge in [-0.2, -0.15) is 0 Å². The molecule has 0 aliphatic carbocycles. The van der Waals surface area contributed by atoms with Crippen LogP contribution in [0.3, 0.4) is 0 Å². The molecule has 0 aliphatic heterocycles. The van der Waals surface area contributed by atoms with Crippen LogP contribution in [0.1, 0.15) is 20.3 Å². The summed E-state index contributed by atoms with van der Waals surface area (Å²) in [6.07, 6.45) is -0.305. The lowest BCUT2D eigenvalue weighted by atomic mass is 10.1. The quantitative estimate of drug-likeness (QED) is 0.512. The van der Waals surface area contributed by atoms with Crippen molar-refractivity contribution in [3.05, 3.63) is 0 Å². The van der Waals surface area contributed by atoms with Gasteiger partial charge in [-0.15, -0.1) is 0 Å². The van der Waals surface area contributed by atoms with Gasteiger partial charge in [0.05, 0.1) is 18.6 Å². The van der Waals surface area contributed by atoms with E-state index in [1.54, 1.807) is 6.92 Å². The average Bonchev–Trinajstić information content (AvgIpc) is 2.15. The van der Waals surface area contributed by atoms with Crippen molar-refractivity contribution in [2.75, 3.05) is 6.61 Å². The minimum atomic E-state index is -1.06. The van der Waals surface area contributed by atoms with E-state index in [4.69, 9.17) is 20.7 Å². The van der Waals surface area contributed by atoms with Crippen LogP contribution in [0.5, 0.6) is 0 Å². The first-order valence-corrected chi connectivity index (χ1v) is 4.68. The number of carboxylic acid groups (broad SMARTS) is 1. The van der Waals surface area contributed by atoms with Gasteiger partial charge < -0.3 is 20.7 Å². The topological polar surface area (TPSA) is 110 Å². The van der Waals surface area contributed by atoms with E-state index in [9.17, 15) is 9.59 Å². The first-order valence-electron chi connectivity index (χ1n) is 4.68. The molecule has 0 rings (SSSR count). The van der Waals surface area contributed by atoms with Gasteiger partial charge in [-0.25, -0.2) is 0 Å². The maximum Gasteiger partial charge on any atom is 0.325 e. The first kappa shape index (κ1) is 13.9. The smallest absolute Gasteiger partial charge is 0.325 e. The zero-order chi connectivity index (χ0) is 12.0. The van der Waals surface area contributed by atoms with E-state index in [1.165, 1.54) is 6.92 Å². The molecule has 6 heteroatoms. The molecule has 0 bridgehead atoms. The van der Waals surface area contributed by atoms with Crippen LogP contribution < -0.4 is 5.73 Å². The fourth-order valence-electron chi connectivity index (χ4n) is 1.01. The van der Waals surface area contributed by atoms with Gasteiger partial charge in [0.1, 0.15) is 6.04 Å². The third kappa shape index (κ3) is 5.34. The molecule has 0 fully saturated rings. The molecule has 0 aliphatic rings. The maximum atomic E-state index is 11.1. The predicted molar refractivity (Wildman–Crippen MR) is 52.0 cm³/mol. The largest absolute Gasteiger partial charge is 0.481 e. The number of rotatable bonds is 6. The Morgan fingerprint density at radius 2 is 1.93 bits per heavy atom. The molecule has 0 saturated carbocycles. The van der Waals surface area contributed by atoms with Crippen molar-refractivity contribution in [3.63, 3.8) is 0 Å². The van der Waals surface area contributed by atoms with Gasteiger partial charge in [-0.3, -0.25) is 9.59 Å². The van der Waals surface area contributed by atoms with Gasteiger partial charge in [0.15, 0.2) is 0 Å². The third-order valence-corrected chi connectivity index (χ3v) is 1.92. The summed E-state index contributed by atoms with van der Waals surface area (Å²) in [5, 5.41) is 17.2. The lowest BCUT2D eigenvalue weighted by Crippen LogP contribution is -2.37. The number of nitrogens with two attached hydrogens (primary N) is 1. The highest BCUT2D eigenvalue weighted by Gasteiger charge is 2.20. The zero-order valence-corrected chi connectivity index (χ0v) is 8.84. The van der Waals surface area contributed by atoms with E-state index < -0.39 is 36.6 Å². The van der Waals surface area contributed by atoms with Gasteiger partial charge in [0, 0.05) is 0 Å². The van der Waals surface area contributed by atoms with Crippen LogP contribution in [0.25, 0.3) is 0 Å². The molecule has 0 radical (unpaired) electrons. The number of esters is 1. The van der Waals surface area contributed by atoms with Crippen LogP contribution in [0, 0.1) is 5.92 Å². The molecule has 3 atom stereocenters. The van der Waals surface area contributed by atoms with Crippen molar-refractivity contribution in [1.82, 2.24) is 0 Å². The highest BCUT2D eigenvalue weighted by atomic mass is 16.5. The summed E-state index contributed by atoms with van der Waals surface area (Å²) in [6, 6.07) is -1.06. The van der Waals surface area contributed by atoms with Crippen molar-refractivity contribution in [2.24, 2.45) is 11.7 Å². The third-order valence-electron chi connectivity index (χ3n) is 1.92. The Bertz CT molecular complexity index is 231. The fraction of sp³-hybridized carbons (Fsp3) is 0.778. The van der Waals surface area contributed by atoms with Crippen LogP contribution in [0.2, 0.25) is 0 Å². The van der Waals surface area contributed by atoms with Crippen LogP contribution >= 0.6 is 0 Å². The summed E-state index contributed by atoms with van der Waals surface area (Å²) >= 11 is 0. The van der Waals surface area contributed by atoms with Crippen molar-refractivity contribution in [3.8, 4) is 0 Å². The SMILES string of the molecule is CC(C[C@H](C)OC(=O)[C@@H](N)CO)C(=O)O. The normalized spacial score (nSPS) is 16.5. The second kappa shape index (κ2) is 6.36. The predicted octanol–water partition coefficient (Wildman–Crippen LogP) is -0.651. The number of aliphatic carboxylic acids is 1. The molecule has 0 aromatic rings. The number of aliphatic hydroxyl groups is 1. The molecule has 0 aromatic carbocycles. The average molecular weight is 219 g/mol. The molecule has 0 saturated heterocycles. The van der Waals surface area contributed by atoms with Crippen LogP contribution in [0.4, 0.5) is 0 Å². The fourth-order valence-corrected chi connectivity index (χ4v) is 1.01.